The van der Waals surface area contributed by atoms with Crippen LogP contribution >= 0.6 is 22.9 Å². The molecule has 0 radical (unpaired) electrons. The maximum atomic E-state index is 13.3. The average Bonchev–Trinajstić information content (AvgIpc) is 3.43. The summed E-state index contributed by atoms with van der Waals surface area (Å²) in [4.78, 5) is 23.8. The number of benzene rings is 2. The maximum Gasteiger partial charge on any atom is 0.233 e. The Kier molecular flexibility index (Phi) is 6.84. The summed E-state index contributed by atoms with van der Waals surface area (Å²) in [5.74, 6) is 0.807. The zero-order valence-electron chi connectivity index (χ0n) is 17.2. The minimum atomic E-state index is 0.00460. The highest BCUT2D eigenvalue weighted by atomic mass is 35.5. The van der Waals surface area contributed by atoms with Crippen LogP contribution in [-0.4, -0.2) is 33.6 Å². The first kappa shape index (κ1) is 21.3. The Morgan fingerprint density at radius 3 is 2.77 bits per heavy atom. The highest BCUT2D eigenvalue weighted by molar-refractivity contribution is 7.22. The molecule has 31 heavy (non-hydrogen) atoms. The molecule has 0 unspecified atom stereocenters. The second kappa shape index (κ2) is 9.94. The van der Waals surface area contributed by atoms with Crippen molar-refractivity contribution < 1.29 is 9.53 Å². The van der Waals surface area contributed by atoms with Crippen LogP contribution in [0.5, 0.6) is 5.75 Å². The van der Waals surface area contributed by atoms with Gasteiger partial charge in [0.15, 0.2) is 5.13 Å². The van der Waals surface area contributed by atoms with Gasteiger partial charge < -0.3 is 9.30 Å². The Balaban J connectivity index is 1.54. The molecule has 0 aliphatic heterocycles. The molecule has 0 atom stereocenters. The summed E-state index contributed by atoms with van der Waals surface area (Å²) in [5.41, 5.74) is 1.67. The lowest BCUT2D eigenvalue weighted by atomic mass is 10.1. The Morgan fingerprint density at radius 1 is 1.23 bits per heavy atom. The summed E-state index contributed by atoms with van der Waals surface area (Å²) < 4.78 is 8.47. The Bertz CT molecular complexity index is 1140. The van der Waals surface area contributed by atoms with Gasteiger partial charge in [-0.15, -0.1) is 0 Å². The molecule has 2 aromatic heterocycles. The number of carbonyl (C=O) groups excluding carboxylic acids is 1. The third-order valence-corrected chi connectivity index (χ3v) is 6.19. The summed E-state index contributed by atoms with van der Waals surface area (Å²) in [6, 6.07) is 13.3. The lowest BCUT2D eigenvalue weighted by Crippen LogP contribution is -2.33. The first-order valence-corrected chi connectivity index (χ1v) is 11.4. The van der Waals surface area contributed by atoms with Gasteiger partial charge in [-0.2, -0.15) is 0 Å². The molecule has 4 rings (SSSR count). The largest absolute Gasteiger partial charge is 0.494 e. The molecule has 2 heterocycles. The SMILES string of the molecule is CCOc1ccc(CC(=O)N(CCCn2ccnc2)c2nc3c(Cl)cccc3s2)cc1. The van der Waals surface area contributed by atoms with Crippen molar-refractivity contribution in [3.63, 3.8) is 0 Å². The second-order valence-electron chi connectivity index (χ2n) is 7.04. The van der Waals surface area contributed by atoms with Crippen molar-refractivity contribution in [1.29, 1.82) is 0 Å². The number of fused-ring (bicyclic) bond motifs is 1. The lowest BCUT2D eigenvalue weighted by molar-refractivity contribution is -0.118. The molecule has 0 fully saturated rings. The number of aryl methyl sites for hydroxylation is 1. The maximum absolute atomic E-state index is 13.3. The first-order chi connectivity index (χ1) is 15.1. The summed E-state index contributed by atoms with van der Waals surface area (Å²) in [6.45, 7) is 3.90. The minimum absolute atomic E-state index is 0.00460. The van der Waals surface area contributed by atoms with E-state index in [4.69, 9.17) is 16.3 Å². The molecular weight excluding hydrogens is 432 g/mol. The van der Waals surface area contributed by atoms with Gasteiger partial charge in [-0.3, -0.25) is 9.69 Å². The average molecular weight is 455 g/mol. The van der Waals surface area contributed by atoms with Gasteiger partial charge in [-0.1, -0.05) is 41.1 Å². The van der Waals surface area contributed by atoms with Gasteiger partial charge in [0, 0.05) is 25.5 Å². The van der Waals surface area contributed by atoms with Crippen molar-refractivity contribution in [2.24, 2.45) is 0 Å². The molecule has 0 saturated heterocycles. The standard InChI is InChI=1S/C23H23ClN4O2S/c1-2-30-18-9-7-17(8-10-18)15-21(29)28(13-4-12-27-14-11-25-16-27)23-26-22-19(24)5-3-6-20(22)31-23/h3,5-11,14,16H,2,4,12-13,15H2,1H3. The van der Waals surface area contributed by atoms with Crippen LogP contribution in [-0.2, 0) is 17.8 Å². The van der Waals surface area contributed by atoms with Crippen molar-refractivity contribution >= 4 is 44.2 Å². The molecule has 0 bridgehead atoms. The number of nitrogens with zero attached hydrogens (tertiary/aromatic N) is 4. The number of anilines is 1. The number of aromatic nitrogens is 3. The van der Waals surface area contributed by atoms with E-state index in [1.165, 1.54) is 11.3 Å². The van der Waals surface area contributed by atoms with Gasteiger partial charge in [0.05, 0.1) is 29.1 Å². The van der Waals surface area contributed by atoms with Gasteiger partial charge in [0.2, 0.25) is 5.91 Å². The van der Waals surface area contributed by atoms with Crippen LogP contribution in [0, 0.1) is 0 Å². The minimum Gasteiger partial charge on any atom is -0.494 e. The topological polar surface area (TPSA) is 60.2 Å². The summed E-state index contributed by atoms with van der Waals surface area (Å²) >= 11 is 7.80. The summed E-state index contributed by atoms with van der Waals surface area (Å²) in [7, 11) is 0. The Hall–Kier alpha value is -2.90. The Labute approximate surface area is 190 Å². The highest BCUT2D eigenvalue weighted by Gasteiger charge is 2.20. The van der Waals surface area contributed by atoms with E-state index in [1.807, 2.05) is 60.2 Å². The normalized spacial score (nSPS) is 11.0. The Morgan fingerprint density at radius 2 is 2.06 bits per heavy atom. The fourth-order valence-electron chi connectivity index (χ4n) is 3.32. The number of carbonyl (C=O) groups is 1. The highest BCUT2D eigenvalue weighted by Crippen LogP contribution is 2.33. The van der Waals surface area contributed by atoms with Gasteiger partial charge in [-0.05, 0) is 43.2 Å². The predicted molar refractivity (Wildman–Crippen MR) is 125 cm³/mol. The van der Waals surface area contributed by atoms with Crippen LogP contribution in [0.15, 0.2) is 61.2 Å². The fourth-order valence-corrected chi connectivity index (χ4v) is 4.62. The van der Waals surface area contributed by atoms with Gasteiger partial charge in [0.25, 0.3) is 0 Å². The molecule has 160 valence electrons. The quantitative estimate of drug-likeness (QED) is 0.348. The predicted octanol–water partition coefficient (Wildman–Crippen LogP) is 5.21. The summed E-state index contributed by atoms with van der Waals surface area (Å²) in [5, 5.41) is 1.27. The van der Waals surface area contributed by atoms with Crippen molar-refractivity contribution in [2.75, 3.05) is 18.1 Å². The number of hydrogen-bond acceptors (Lipinski definition) is 5. The van der Waals surface area contributed by atoms with Gasteiger partial charge in [-0.25, -0.2) is 9.97 Å². The van der Waals surface area contributed by atoms with Crippen molar-refractivity contribution in [2.45, 2.75) is 26.3 Å². The molecular formula is C23H23ClN4O2S. The van der Waals surface area contributed by atoms with E-state index in [9.17, 15) is 4.79 Å². The lowest BCUT2D eigenvalue weighted by Gasteiger charge is -2.20. The van der Waals surface area contributed by atoms with Crippen molar-refractivity contribution in [1.82, 2.24) is 14.5 Å². The molecule has 0 saturated carbocycles. The molecule has 1 amide bonds. The fraction of sp³-hybridized carbons (Fsp3) is 0.261. The number of ether oxygens (including phenoxy) is 1. The van der Waals surface area contributed by atoms with E-state index < -0.39 is 0 Å². The van der Waals surface area contributed by atoms with E-state index >= 15 is 0 Å². The number of hydrogen-bond donors (Lipinski definition) is 0. The first-order valence-electron chi connectivity index (χ1n) is 10.2. The number of amides is 1. The van der Waals surface area contributed by atoms with Crippen molar-refractivity contribution in [3.8, 4) is 5.75 Å². The zero-order chi connectivity index (χ0) is 21.6. The number of halogens is 1. The molecule has 4 aromatic rings. The van der Waals surface area contributed by atoms with Crippen LogP contribution in [0.2, 0.25) is 5.02 Å². The number of thiazole rings is 1. The second-order valence-corrected chi connectivity index (χ2v) is 8.45. The molecule has 0 aliphatic carbocycles. The van der Waals surface area contributed by atoms with Gasteiger partial charge in [0.1, 0.15) is 11.3 Å². The van der Waals surface area contributed by atoms with E-state index in [2.05, 4.69) is 9.97 Å². The van der Waals surface area contributed by atoms with E-state index in [0.29, 0.717) is 29.7 Å². The van der Waals surface area contributed by atoms with E-state index in [1.54, 1.807) is 17.4 Å². The van der Waals surface area contributed by atoms with Gasteiger partial charge >= 0.3 is 0 Å². The molecule has 2 aromatic carbocycles. The molecule has 8 heteroatoms. The smallest absolute Gasteiger partial charge is 0.233 e. The van der Waals surface area contributed by atoms with E-state index in [-0.39, 0.29) is 5.91 Å². The number of rotatable bonds is 9. The summed E-state index contributed by atoms with van der Waals surface area (Å²) in [6.07, 6.45) is 6.54. The zero-order valence-corrected chi connectivity index (χ0v) is 18.8. The van der Waals surface area contributed by atoms with Crippen LogP contribution in [0.4, 0.5) is 5.13 Å². The number of para-hydroxylation sites is 1. The van der Waals surface area contributed by atoms with Crippen molar-refractivity contribution in [3.05, 3.63) is 71.8 Å². The third-order valence-electron chi connectivity index (χ3n) is 4.84. The molecule has 0 spiro atoms. The van der Waals surface area contributed by atoms with Crippen LogP contribution in [0.1, 0.15) is 18.9 Å². The van der Waals surface area contributed by atoms with Crippen LogP contribution in [0.3, 0.4) is 0 Å². The van der Waals surface area contributed by atoms with E-state index in [0.717, 1.165) is 34.5 Å². The van der Waals surface area contributed by atoms with Crippen LogP contribution in [0.25, 0.3) is 10.2 Å². The number of imidazole rings is 1. The third kappa shape index (κ3) is 5.24. The molecule has 6 nitrogen and oxygen atoms in total. The monoisotopic (exact) mass is 454 g/mol. The molecule has 0 aliphatic rings. The van der Waals surface area contributed by atoms with Crippen LogP contribution < -0.4 is 9.64 Å². The molecule has 0 N–H and O–H groups in total.